The molecule has 29 heavy (non-hydrogen) atoms. The maximum absolute atomic E-state index is 13.4. The number of hydrogen-bond donors (Lipinski definition) is 1. The number of nitrogens with zero attached hydrogens (tertiary/aromatic N) is 2. The van der Waals surface area contributed by atoms with Crippen LogP contribution < -0.4 is 10.1 Å². The molecule has 0 unspecified atom stereocenters. The Morgan fingerprint density at radius 2 is 2.10 bits per heavy atom. The van der Waals surface area contributed by atoms with Gasteiger partial charge in [-0.15, -0.1) is 10.2 Å². The number of amides is 1. The maximum Gasteiger partial charge on any atom is 0.258 e. The molecule has 2 aromatic rings. The van der Waals surface area contributed by atoms with Gasteiger partial charge in [-0.05, 0) is 37.8 Å². The molecule has 6 rings (SSSR count). The molecule has 1 aromatic heterocycles. The van der Waals surface area contributed by atoms with Gasteiger partial charge in [0.15, 0.2) is 6.61 Å². The number of halogens is 4. The van der Waals surface area contributed by atoms with E-state index in [1.807, 2.05) is 0 Å². The molecule has 6 nitrogen and oxygen atoms in total. The first-order chi connectivity index (χ1) is 13.8. The van der Waals surface area contributed by atoms with E-state index in [-0.39, 0.29) is 46.0 Å². The lowest BCUT2D eigenvalue weighted by Crippen LogP contribution is -2.77. The van der Waals surface area contributed by atoms with E-state index in [2.05, 4.69) is 15.5 Å². The van der Waals surface area contributed by atoms with Crippen molar-refractivity contribution in [2.45, 2.75) is 49.0 Å². The van der Waals surface area contributed by atoms with E-state index in [9.17, 15) is 18.0 Å². The summed E-state index contributed by atoms with van der Waals surface area (Å²) in [6.07, 6.45) is -0.0108. The van der Waals surface area contributed by atoms with E-state index in [0.29, 0.717) is 31.6 Å². The zero-order valence-corrected chi connectivity index (χ0v) is 15.9. The Kier molecular flexibility index (Phi) is 4.10. The van der Waals surface area contributed by atoms with Crippen LogP contribution in [0.4, 0.5) is 13.2 Å². The lowest BCUT2D eigenvalue weighted by molar-refractivity contribution is -0.143. The van der Waals surface area contributed by atoms with Crippen LogP contribution in [0.15, 0.2) is 22.6 Å². The molecular weight excluding hydrogens is 411 g/mol. The minimum atomic E-state index is -2.37. The van der Waals surface area contributed by atoms with E-state index in [4.69, 9.17) is 20.8 Å². The Morgan fingerprint density at radius 3 is 2.76 bits per heavy atom. The van der Waals surface area contributed by atoms with Crippen molar-refractivity contribution in [3.05, 3.63) is 40.8 Å². The van der Waals surface area contributed by atoms with Gasteiger partial charge in [0, 0.05) is 23.4 Å². The van der Waals surface area contributed by atoms with Crippen molar-refractivity contribution in [3.63, 3.8) is 0 Å². The Morgan fingerprint density at radius 1 is 1.34 bits per heavy atom. The van der Waals surface area contributed by atoms with Gasteiger partial charge in [0.05, 0.1) is 10.4 Å². The Labute approximate surface area is 168 Å². The quantitative estimate of drug-likeness (QED) is 0.730. The number of alkyl halides is 2. The predicted octanol–water partition coefficient (Wildman–Crippen LogP) is 3.60. The molecule has 0 aliphatic heterocycles. The fourth-order valence-corrected chi connectivity index (χ4v) is 4.69. The summed E-state index contributed by atoms with van der Waals surface area (Å²) in [6.45, 7) is -0.239. The van der Waals surface area contributed by atoms with Crippen LogP contribution in [0.5, 0.6) is 5.75 Å². The smallest absolute Gasteiger partial charge is 0.258 e. The molecule has 4 aliphatic rings. The second-order valence-electron chi connectivity index (χ2n) is 8.29. The van der Waals surface area contributed by atoms with Crippen molar-refractivity contribution in [1.82, 2.24) is 15.5 Å². The van der Waals surface area contributed by atoms with Gasteiger partial charge in [-0.25, -0.2) is 13.2 Å². The Hall–Kier alpha value is -2.29. The van der Waals surface area contributed by atoms with Crippen molar-refractivity contribution in [2.75, 3.05) is 6.61 Å². The molecule has 154 valence electrons. The average molecular weight is 428 g/mol. The topological polar surface area (TPSA) is 77.2 Å². The minimum Gasteiger partial charge on any atom is -0.484 e. The summed E-state index contributed by atoms with van der Waals surface area (Å²) in [5.41, 5.74) is -0.598. The summed E-state index contributed by atoms with van der Waals surface area (Å²) < 4.78 is 49.8. The second-order valence-corrected chi connectivity index (χ2v) is 8.70. The molecule has 1 N–H and O–H groups in total. The SMILES string of the molecule is O=C(COc1ccc(Cl)c(F)c1)NC12CC(c3nnc([C@@H]4C[C@H]4C(F)F)o3)(C1)C2. The van der Waals surface area contributed by atoms with Crippen LogP contribution in [-0.2, 0) is 10.2 Å². The van der Waals surface area contributed by atoms with Gasteiger partial charge in [-0.2, -0.15) is 0 Å². The molecule has 1 amide bonds. The second kappa shape index (κ2) is 6.35. The van der Waals surface area contributed by atoms with Crippen LogP contribution in [-0.4, -0.2) is 34.7 Å². The normalized spacial score (nSPS) is 31.8. The molecule has 0 radical (unpaired) electrons. The maximum atomic E-state index is 13.4. The summed E-state index contributed by atoms with van der Waals surface area (Å²) in [6, 6.07) is 3.97. The van der Waals surface area contributed by atoms with E-state index < -0.39 is 18.2 Å². The summed E-state index contributed by atoms with van der Waals surface area (Å²) in [5, 5.41) is 10.9. The number of nitrogens with one attached hydrogen (secondary N) is 1. The number of benzene rings is 1. The summed E-state index contributed by atoms with van der Waals surface area (Å²) >= 11 is 5.61. The lowest BCUT2D eigenvalue weighted by Gasteiger charge is -2.68. The first-order valence-corrected chi connectivity index (χ1v) is 9.68. The van der Waals surface area contributed by atoms with Crippen LogP contribution in [0, 0.1) is 11.7 Å². The van der Waals surface area contributed by atoms with Crippen molar-refractivity contribution in [1.29, 1.82) is 0 Å². The highest BCUT2D eigenvalue weighted by Gasteiger charge is 2.72. The fraction of sp³-hybridized carbons (Fsp3) is 0.526. The summed E-state index contributed by atoms with van der Waals surface area (Å²) in [4.78, 5) is 12.2. The number of aromatic nitrogens is 2. The Balaban J connectivity index is 1.12. The van der Waals surface area contributed by atoms with Gasteiger partial charge in [-0.3, -0.25) is 4.79 Å². The molecular formula is C19H17ClF3N3O3. The highest BCUT2D eigenvalue weighted by atomic mass is 35.5. The number of hydrogen-bond acceptors (Lipinski definition) is 5. The van der Waals surface area contributed by atoms with Gasteiger partial charge in [0.25, 0.3) is 5.91 Å². The van der Waals surface area contributed by atoms with Gasteiger partial charge in [0.1, 0.15) is 11.6 Å². The van der Waals surface area contributed by atoms with E-state index in [1.54, 1.807) is 0 Å². The highest BCUT2D eigenvalue weighted by molar-refractivity contribution is 6.30. The van der Waals surface area contributed by atoms with Crippen molar-refractivity contribution < 1.29 is 27.1 Å². The Bertz CT molecular complexity index is 963. The van der Waals surface area contributed by atoms with E-state index in [1.165, 1.54) is 12.1 Å². The molecule has 0 spiro atoms. The summed E-state index contributed by atoms with van der Waals surface area (Å²) in [5.74, 6) is -0.971. The van der Waals surface area contributed by atoms with Gasteiger partial charge >= 0.3 is 0 Å². The van der Waals surface area contributed by atoms with Crippen LogP contribution >= 0.6 is 11.6 Å². The van der Waals surface area contributed by atoms with Crippen LogP contribution in [0.3, 0.4) is 0 Å². The lowest BCUT2D eigenvalue weighted by atomic mass is 9.39. The van der Waals surface area contributed by atoms with Crippen LogP contribution in [0.25, 0.3) is 0 Å². The first-order valence-electron chi connectivity index (χ1n) is 9.30. The monoisotopic (exact) mass is 427 g/mol. The van der Waals surface area contributed by atoms with Crippen molar-refractivity contribution >= 4 is 17.5 Å². The average Bonchev–Trinajstić information content (AvgIpc) is 3.28. The summed E-state index contributed by atoms with van der Waals surface area (Å²) in [7, 11) is 0. The zero-order chi connectivity index (χ0) is 20.4. The van der Waals surface area contributed by atoms with Gasteiger partial charge in [-0.1, -0.05) is 11.6 Å². The van der Waals surface area contributed by atoms with Gasteiger partial charge in [0.2, 0.25) is 18.2 Å². The molecule has 4 saturated carbocycles. The molecule has 4 fully saturated rings. The van der Waals surface area contributed by atoms with Crippen LogP contribution in [0.2, 0.25) is 5.02 Å². The van der Waals surface area contributed by atoms with Gasteiger partial charge < -0.3 is 14.5 Å². The third kappa shape index (κ3) is 3.15. The number of carbonyl (C=O) groups is 1. The van der Waals surface area contributed by atoms with Crippen LogP contribution in [0.1, 0.15) is 43.4 Å². The molecule has 2 bridgehead atoms. The largest absolute Gasteiger partial charge is 0.484 e. The number of ether oxygens (including phenoxy) is 1. The third-order valence-electron chi connectivity index (χ3n) is 6.07. The molecule has 4 aliphatic carbocycles. The molecule has 1 aromatic carbocycles. The fourth-order valence-electron chi connectivity index (χ4n) is 4.57. The number of rotatable bonds is 7. The number of carbonyl (C=O) groups excluding carboxylic acids is 1. The molecule has 0 saturated heterocycles. The minimum absolute atomic E-state index is 0.0171. The first kappa shape index (κ1) is 18.7. The molecule has 1 heterocycles. The van der Waals surface area contributed by atoms with E-state index >= 15 is 0 Å². The zero-order valence-electron chi connectivity index (χ0n) is 15.1. The van der Waals surface area contributed by atoms with E-state index in [0.717, 1.165) is 6.07 Å². The molecule has 10 heteroatoms. The van der Waals surface area contributed by atoms with Crippen molar-refractivity contribution in [2.24, 2.45) is 5.92 Å². The van der Waals surface area contributed by atoms with Crippen molar-refractivity contribution in [3.8, 4) is 5.75 Å². The molecule has 2 atom stereocenters. The highest BCUT2D eigenvalue weighted by Crippen LogP contribution is 2.67. The predicted molar refractivity (Wildman–Crippen MR) is 94.5 cm³/mol. The third-order valence-corrected chi connectivity index (χ3v) is 6.38. The standard InChI is InChI=1S/C19H17ClF3N3O3/c20-12-2-1-9(3-13(12)21)28-5-14(27)24-19-6-18(7-19,8-19)17-26-25-16(29-17)11-4-10(11)15(22)23/h1-3,10-11,15H,4-8H2,(H,24,27)/t10-,11-,18?,19?/m1/s1.